The summed E-state index contributed by atoms with van der Waals surface area (Å²) in [5.74, 6) is 0.797. The molecule has 1 aliphatic rings. The number of urea groups is 1. The molecule has 0 spiro atoms. The summed E-state index contributed by atoms with van der Waals surface area (Å²) >= 11 is 0. The molecule has 0 fully saturated rings. The summed E-state index contributed by atoms with van der Waals surface area (Å²) in [6, 6.07) is 19.6. The van der Waals surface area contributed by atoms with Crippen LogP contribution in [0.25, 0.3) is 5.69 Å². The molecule has 4 rings (SSSR count). The first-order chi connectivity index (χ1) is 13.2. The van der Waals surface area contributed by atoms with Gasteiger partial charge < -0.3 is 19.5 Å². The van der Waals surface area contributed by atoms with Crippen molar-refractivity contribution in [3.63, 3.8) is 0 Å². The average molecular weight is 361 g/mol. The predicted octanol–water partition coefficient (Wildman–Crippen LogP) is 4.98. The highest BCUT2D eigenvalue weighted by Crippen LogP contribution is 2.32. The molecule has 0 saturated heterocycles. The molecule has 1 aliphatic heterocycles. The summed E-state index contributed by atoms with van der Waals surface area (Å²) in [7, 11) is 0. The number of carbonyl (C=O) groups is 1. The second-order valence-corrected chi connectivity index (χ2v) is 6.62. The molecule has 138 valence electrons. The zero-order valence-electron chi connectivity index (χ0n) is 15.6. The van der Waals surface area contributed by atoms with E-state index >= 15 is 0 Å². The maximum Gasteiger partial charge on any atom is 0.322 e. The van der Waals surface area contributed by atoms with Gasteiger partial charge in [-0.05, 0) is 61.9 Å². The van der Waals surface area contributed by atoms with Gasteiger partial charge >= 0.3 is 6.03 Å². The zero-order valence-corrected chi connectivity index (χ0v) is 15.6. The second kappa shape index (κ2) is 7.19. The molecular formula is C22H23N3O2. The highest BCUT2D eigenvalue weighted by molar-refractivity contribution is 5.89. The minimum atomic E-state index is -0.115. The highest BCUT2D eigenvalue weighted by atomic mass is 16.5. The molecule has 0 bridgehead atoms. The monoisotopic (exact) mass is 361 g/mol. The Morgan fingerprint density at radius 1 is 1.11 bits per heavy atom. The Balaban J connectivity index is 1.61. The Morgan fingerprint density at radius 3 is 2.67 bits per heavy atom. The lowest BCUT2D eigenvalue weighted by atomic mass is 10.1. The van der Waals surface area contributed by atoms with E-state index < -0.39 is 0 Å². The number of anilines is 1. The van der Waals surface area contributed by atoms with Gasteiger partial charge in [0.1, 0.15) is 5.75 Å². The van der Waals surface area contributed by atoms with Crippen molar-refractivity contribution >= 4 is 11.7 Å². The van der Waals surface area contributed by atoms with Gasteiger partial charge in [-0.15, -0.1) is 0 Å². The van der Waals surface area contributed by atoms with Crippen molar-refractivity contribution in [1.29, 1.82) is 0 Å². The molecule has 1 unspecified atom stereocenters. The molecule has 27 heavy (non-hydrogen) atoms. The van der Waals surface area contributed by atoms with Crippen molar-refractivity contribution in [2.75, 3.05) is 11.9 Å². The number of hydrogen-bond donors (Lipinski definition) is 1. The van der Waals surface area contributed by atoms with E-state index in [1.807, 2.05) is 54.3 Å². The summed E-state index contributed by atoms with van der Waals surface area (Å²) in [6.45, 7) is 5.19. The normalized spacial score (nSPS) is 15.5. The van der Waals surface area contributed by atoms with E-state index in [1.165, 1.54) is 0 Å². The number of amides is 2. The molecule has 1 atom stereocenters. The number of ether oxygens (including phenoxy) is 1. The van der Waals surface area contributed by atoms with Gasteiger partial charge in [-0.2, -0.15) is 0 Å². The number of carbonyl (C=O) groups excluding carboxylic acids is 1. The van der Waals surface area contributed by atoms with Gasteiger partial charge in [-0.1, -0.05) is 18.2 Å². The molecule has 2 aromatic carbocycles. The van der Waals surface area contributed by atoms with Crippen LogP contribution in [0.1, 0.15) is 31.1 Å². The van der Waals surface area contributed by atoms with Gasteiger partial charge in [0.15, 0.2) is 0 Å². The molecule has 2 heterocycles. The third-order valence-electron chi connectivity index (χ3n) is 4.95. The van der Waals surface area contributed by atoms with Crippen molar-refractivity contribution < 1.29 is 9.53 Å². The Labute approximate surface area is 159 Å². The van der Waals surface area contributed by atoms with Crippen LogP contribution < -0.4 is 10.1 Å². The van der Waals surface area contributed by atoms with Gasteiger partial charge in [0.05, 0.1) is 24.9 Å². The number of fused-ring (bicyclic) bond motifs is 3. The summed E-state index contributed by atoms with van der Waals surface area (Å²) in [4.78, 5) is 14.9. The van der Waals surface area contributed by atoms with Gasteiger partial charge in [0.2, 0.25) is 0 Å². The van der Waals surface area contributed by atoms with Gasteiger partial charge in [-0.3, -0.25) is 0 Å². The van der Waals surface area contributed by atoms with Crippen LogP contribution >= 0.6 is 0 Å². The number of benzene rings is 2. The number of nitrogens with zero attached hydrogens (tertiary/aromatic N) is 2. The van der Waals surface area contributed by atoms with Crippen molar-refractivity contribution in [2.24, 2.45) is 0 Å². The Bertz CT molecular complexity index is 946. The largest absolute Gasteiger partial charge is 0.494 e. The number of aromatic nitrogens is 1. The first-order valence-corrected chi connectivity index (χ1v) is 9.23. The minimum absolute atomic E-state index is 0.0462. The molecular weight excluding hydrogens is 338 g/mol. The van der Waals surface area contributed by atoms with E-state index in [2.05, 4.69) is 41.2 Å². The van der Waals surface area contributed by atoms with E-state index in [1.54, 1.807) is 0 Å². The quantitative estimate of drug-likeness (QED) is 0.715. The van der Waals surface area contributed by atoms with Crippen LogP contribution in [0, 0.1) is 0 Å². The smallest absolute Gasteiger partial charge is 0.322 e. The average Bonchev–Trinajstić information content (AvgIpc) is 3.13. The summed E-state index contributed by atoms with van der Waals surface area (Å²) in [5, 5.41) is 3.02. The van der Waals surface area contributed by atoms with Crippen LogP contribution in [0.15, 0.2) is 66.9 Å². The maximum atomic E-state index is 13.1. The number of rotatable bonds is 3. The number of nitrogens with one attached hydrogen (secondary N) is 1. The first kappa shape index (κ1) is 17.2. The predicted molar refractivity (Wildman–Crippen MR) is 106 cm³/mol. The minimum Gasteiger partial charge on any atom is -0.494 e. The van der Waals surface area contributed by atoms with Crippen molar-refractivity contribution in [1.82, 2.24) is 9.47 Å². The van der Waals surface area contributed by atoms with Crippen molar-refractivity contribution in [3.05, 3.63) is 78.1 Å². The van der Waals surface area contributed by atoms with E-state index in [0.29, 0.717) is 13.2 Å². The summed E-state index contributed by atoms with van der Waals surface area (Å²) in [5.41, 5.74) is 4.10. The van der Waals surface area contributed by atoms with Gasteiger partial charge in [0.25, 0.3) is 0 Å². The van der Waals surface area contributed by atoms with E-state index in [4.69, 9.17) is 4.74 Å². The van der Waals surface area contributed by atoms with Crippen molar-refractivity contribution in [3.8, 4) is 11.4 Å². The third kappa shape index (κ3) is 3.28. The zero-order chi connectivity index (χ0) is 18.8. The maximum absolute atomic E-state index is 13.1. The molecule has 5 heteroatoms. The molecule has 3 aromatic rings. The number of para-hydroxylation sites is 1. The Hall–Kier alpha value is -3.21. The van der Waals surface area contributed by atoms with Crippen LogP contribution in [-0.4, -0.2) is 22.1 Å². The first-order valence-electron chi connectivity index (χ1n) is 9.23. The van der Waals surface area contributed by atoms with Crippen LogP contribution in [0.4, 0.5) is 10.5 Å². The van der Waals surface area contributed by atoms with Crippen LogP contribution in [-0.2, 0) is 6.54 Å². The molecule has 2 amide bonds. The van der Waals surface area contributed by atoms with E-state index in [-0.39, 0.29) is 12.1 Å². The molecule has 1 aromatic heterocycles. The van der Waals surface area contributed by atoms with Crippen LogP contribution in [0.5, 0.6) is 5.75 Å². The standard InChI is InChI=1S/C22H23N3O2/c1-3-27-19-12-10-18(11-13-19)23-22(26)25-15-17-7-4-5-8-21(17)24-14-6-9-20(24)16(25)2/h4-14,16H,3,15H2,1-2H3,(H,23,26). The van der Waals surface area contributed by atoms with E-state index in [9.17, 15) is 4.79 Å². The van der Waals surface area contributed by atoms with Gasteiger partial charge in [-0.25, -0.2) is 4.79 Å². The topological polar surface area (TPSA) is 46.5 Å². The third-order valence-corrected chi connectivity index (χ3v) is 4.95. The Kier molecular flexibility index (Phi) is 4.59. The molecule has 5 nitrogen and oxygen atoms in total. The molecule has 0 radical (unpaired) electrons. The summed E-state index contributed by atoms with van der Waals surface area (Å²) < 4.78 is 7.63. The number of hydrogen-bond acceptors (Lipinski definition) is 2. The Morgan fingerprint density at radius 2 is 1.89 bits per heavy atom. The fourth-order valence-corrected chi connectivity index (χ4v) is 3.56. The van der Waals surface area contributed by atoms with Crippen LogP contribution in [0.3, 0.4) is 0 Å². The van der Waals surface area contributed by atoms with E-state index in [0.717, 1.165) is 28.4 Å². The second-order valence-electron chi connectivity index (χ2n) is 6.62. The molecule has 1 N–H and O–H groups in total. The SMILES string of the molecule is CCOc1ccc(NC(=O)N2Cc3ccccc3-n3cccc3C2C)cc1. The van der Waals surface area contributed by atoms with Crippen LogP contribution in [0.2, 0.25) is 0 Å². The van der Waals surface area contributed by atoms with Gasteiger partial charge in [0, 0.05) is 17.6 Å². The lowest BCUT2D eigenvalue weighted by Crippen LogP contribution is -2.36. The molecule has 0 aliphatic carbocycles. The fraction of sp³-hybridized carbons (Fsp3) is 0.227. The van der Waals surface area contributed by atoms with Crippen molar-refractivity contribution in [2.45, 2.75) is 26.4 Å². The lowest BCUT2D eigenvalue weighted by Gasteiger charge is -2.27. The molecule has 0 saturated carbocycles. The fourth-order valence-electron chi connectivity index (χ4n) is 3.56. The highest BCUT2D eigenvalue weighted by Gasteiger charge is 2.28. The lowest BCUT2D eigenvalue weighted by molar-refractivity contribution is 0.189. The summed E-state index contributed by atoms with van der Waals surface area (Å²) in [6.07, 6.45) is 2.05.